The summed E-state index contributed by atoms with van der Waals surface area (Å²) in [5, 5.41) is 8.67. The summed E-state index contributed by atoms with van der Waals surface area (Å²) in [5.41, 5.74) is 5.25. The van der Waals surface area contributed by atoms with E-state index in [-0.39, 0.29) is 11.7 Å². The highest BCUT2D eigenvalue weighted by Crippen LogP contribution is 2.38. The van der Waals surface area contributed by atoms with Gasteiger partial charge in [0.05, 0.1) is 35.6 Å². The molecule has 2 heterocycles. The van der Waals surface area contributed by atoms with Gasteiger partial charge in [0.2, 0.25) is 0 Å². The zero-order valence-corrected chi connectivity index (χ0v) is 20.3. The average molecular weight is 491 g/mol. The smallest absolute Gasteiger partial charge is 0.262 e. The van der Waals surface area contributed by atoms with Crippen LogP contribution >= 0.6 is 11.6 Å². The number of nitrogens with zero attached hydrogens (tertiary/aromatic N) is 3. The highest BCUT2D eigenvalue weighted by Gasteiger charge is 2.34. The van der Waals surface area contributed by atoms with E-state index in [0.29, 0.717) is 28.6 Å². The molecule has 6 nitrogen and oxygen atoms in total. The van der Waals surface area contributed by atoms with Crippen molar-refractivity contribution in [2.24, 2.45) is 0 Å². The molecule has 1 aliphatic heterocycles. The van der Waals surface area contributed by atoms with E-state index in [2.05, 4.69) is 10.4 Å². The van der Waals surface area contributed by atoms with E-state index in [1.54, 1.807) is 30.2 Å². The Hall–Kier alpha value is -3.84. The van der Waals surface area contributed by atoms with Gasteiger partial charge in [0.1, 0.15) is 17.7 Å². The van der Waals surface area contributed by atoms with Gasteiger partial charge in [-0.15, -0.1) is 0 Å². The maximum absolute atomic E-state index is 13.7. The van der Waals surface area contributed by atoms with Gasteiger partial charge in [-0.05, 0) is 67.9 Å². The van der Waals surface area contributed by atoms with E-state index < -0.39 is 6.17 Å². The summed E-state index contributed by atoms with van der Waals surface area (Å²) in [5.74, 6) is 0.172. The second kappa shape index (κ2) is 9.07. The monoisotopic (exact) mass is 490 g/mol. The summed E-state index contributed by atoms with van der Waals surface area (Å²) >= 11 is 6.36. The van der Waals surface area contributed by atoms with Crippen LogP contribution in [0.5, 0.6) is 5.75 Å². The highest BCUT2D eigenvalue weighted by molar-refractivity contribution is 6.31. The molecular formula is C27H24ClFN4O2. The lowest BCUT2D eigenvalue weighted by molar-refractivity contribution is 0.0975. The van der Waals surface area contributed by atoms with Crippen LogP contribution in [0.15, 0.2) is 66.7 Å². The maximum atomic E-state index is 13.7. The van der Waals surface area contributed by atoms with Crippen LogP contribution in [0.2, 0.25) is 5.02 Å². The molecule has 3 aromatic carbocycles. The molecule has 1 atom stereocenters. The van der Waals surface area contributed by atoms with Crippen LogP contribution in [-0.4, -0.2) is 22.8 Å². The van der Waals surface area contributed by atoms with Crippen molar-refractivity contribution in [1.82, 2.24) is 9.78 Å². The lowest BCUT2D eigenvalue weighted by Crippen LogP contribution is -2.43. The number of anilines is 2. The van der Waals surface area contributed by atoms with Crippen LogP contribution in [0.1, 0.15) is 39.0 Å². The van der Waals surface area contributed by atoms with Gasteiger partial charge in [0.15, 0.2) is 0 Å². The highest BCUT2D eigenvalue weighted by atomic mass is 35.5. The predicted molar refractivity (Wildman–Crippen MR) is 135 cm³/mol. The van der Waals surface area contributed by atoms with Crippen molar-refractivity contribution in [3.63, 3.8) is 0 Å². The quantitative estimate of drug-likeness (QED) is 0.366. The number of ether oxygens (including phenoxy) is 1. The molecule has 0 bridgehead atoms. The van der Waals surface area contributed by atoms with Gasteiger partial charge < -0.3 is 10.1 Å². The Bertz CT molecular complexity index is 1420. The van der Waals surface area contributed by atoms with Gasteiger partial charge in [0.25, 0.3) is 5.91 Å². The molecule has 0 saturated heterocycles. The second-order valence-corrected chi connectivity index (χ2v) is 8.84. The normalized spacial score (nSPS) is 15.1. The molecule has 178 valence electrons. The van der Waals surface area contributed by atoms with Crippen LogP contribution in [0.4, 0.5) is 15.8 Å². The molecule has 1 N–H and O–H groups in total. The predicted octanol–water partition coefficient (Wildman–Crippen LogP) is 6.12. The number of nitrogens with one attached hydrogen (secondary N) is 1. The molecule has 0 spiro atoms. The standard InChI is InChI=1S/C27H24ClFN4O2/c1-16-25(28)17(2)32(31-16)15-19-14-18(8-13-24(19)35-3)26-30-23-7-5-4-6-22(23)27(34)33(26)21-11-9-20(29)10-12-21/h4-14,26,30H,15H2,1-3H3. The van der Waals surface area contributed by atoms with E-state index in [0.717, 1.165) is 28.2 Å². The molecule has 0 aliphatic carbocycles. The van der Waals surface area contributed by atoms with Gasteiger partial charge in [-0.1, -0.05) is 29.8 Å². The van der Waals surface area contributed by atoms with Crippen LogP contribution in [-0.2, 0) is 6.54 Å². The molecule has 4 aromatic rings. The van der Waals surface area contributed by atoms with Crippen molar-refractivity contribution < 1.29 is 13.9 Å². The first-order valence-corrected chi connectivity index (χ1v) is 11.6. The number of para-hydroxylation sites is 1. The Labute approximate surface area is 207 Å². The number of benzene rings is 3. The summed E-state index contributed by atoms with van der Waals surface area (Å²) in [7, 11) is 1.62. The number of aromatic nitrogens is 2. The van der Waals surface area contributed by atoms with Crippen LogP contribution in [0, 0.1) is 19.7 Å². The number of methoxy groups -OCH3 is 1. The fourth-order valence-electron chi connectivity index (χ4n) is 4.44. The van der Waals surface area contributed by atoms with Crippen molar-refractivity contribution >= 4 is 28.9 Å². The summed E-state index contributed by atoms with van der Waals surface area (Å²) in [6.45, 7) is 4.24. The largest absolute Gasteiger partial charge is 0.496 e. The van der Waals surface area contributed by atoms with Crippen molar-refractivity contribution in [1.29, 1.82) is 0 Å². The molecule has 0 fully saturated rings. The Balaban J connectivity index is 1.60. The zero-order chi connectivity index (χ0) is 24.7. The average Bonchev–Trinajstić information content (AvgIpc) is 3.11. The fraction of sp³-hybridized carbons (Fsp3) is 0.185. The number of hydrogen-bond acceptors (Lipinski definition) is 4. The number of hydrogen-bond donors (Lipinski definition) is 1. The number of fused-ring (bicyclic) bond motifs is 1. The molecular weight excluding hydrogens is 467 g/mol. The first-order chi connectivity index (χ1) is 16.9. The summed E-state index contributed by atoms with van der Waals surface area (Å²) in [6, 6.07) is 19.1. The summed E-state index contributed by atoms with van der Waals surface area (Å²) in [6.07, 6.45) is -0.517. The van der Waals surface area contributed by atoms with Crippen molar-refractivity contribution in [3.8, 4) is 5.75 Å². The third-order valence-corrected chi connectivity index (χ3v) is 6.81. The zero-order valence-electron chi connectivity index (χ0n) is 19.5. The van der Waals surface area contributed by atoms with Crippen molar-refractivity contribution in [2.45, 2.75) is 26.6 Å². The van der Waals surface area contributed by atoms with Crippen LogP contribution in [0.3, 0.4) is 0 Å². The molecule has 35 heavy (non-hydrogen) atoms. The number of aryl methyl sites for hydroxylation is 1. The molecule has 8 heteroatoms. The summed E-state index contributed by atoms with van der Waals surface area (Å²) in [4.78, 5) is 15.3. The van der Waals surface area contributed by atoms with Crippen LogP contribution < -0.4 is 15.0 Å². The molecule has 0 saturated carbocycles. The third kappa shape index (κ3) is 4.12. The SMILES string of the molecule is COc1ccc(C2Nc3ccccc3C(=O)N2c2ccc(F)cc2)cc1Cn1nc(C)c(Cl)c1C. The molecule has 0 radical (unpaired) electrons. The van der Waals surface area contributed by atoms with Crippen LogP contribution in [0.25, 0.3) is 0 Å². The third-order valence-electron chi connectivity index (χ3n) is 6.26. The number of carbonyl (C=O) groups excluding carboxylic acids is 1. The van der Waals surface area contributed by atoms with Crippen molar-refractivity contribution in [3.05, 3.63) is 106 Å². The van der Waals surface area contributed by atoms with Gasteiger partial charge in [0, 0.05) is 16.9 Å². The Kier molecular flexibility index (Phi) is 5.94. The lowest BCUT2D eigenvalue weighted by Gasteiger charge is -2.38. The van der Waals surface area contributed by atoms with Gasteiger partial charge in [-0.2, -0.15) is 5.10 Å². The van der Waals surface area contributed by atoms with E-state index in [1.807, 2.05) is 54.9 Å². The van der Waals surface area contributed by atoms with Gasteiger partial charge in [-0.3, -0.25) is 14.4 Å². The molecule has 1 aliphatic rings. The van der Waals surface area contributed by atoms with Crippen molar-refractivity contribution in [2.75, 3.05) is 17.3 Å². The maximum Gasteiger partial charge on any atom is 0.262 e. The Morgan fingerprint density at radius 2 is 1.83 bits per heavy atom. The minimum absolute atomic E-state index is 0.168. The molecule has 1 unspecified atom stereocenters. The van der Waals surface area contributed by atoms with E-state index in [4.69, 9.17) is 16.3 Å². The number of rotatable bonds is 5. The first-order valence-electron chi connectivity index (χ1n) is 11.2. The minimum atomic E-state index is -0.517. The molecule has 5 rings (SSSR count). The number of carbonyl (C=O) groups is 1. The second-order valence-electron chi connectivity index (χ2n) is 8.46. The number of amides is 1. The van der Waals surface area contributed by atoms with E-state index in [9.17, 15) is 9.18 Å². The van der Waals surface area contributed by atoms with E-state index in [1.165, 1.54) is 12.1 Å². The lowest BCUT2D eigenvalue weighted by atomic mass is 10.0. The summed E-state index contributed by atoms with van der Waals surface area (Å²) < 4.78 is 21.1. The topological polar surface area (TPSA) is 59.4 Å². The van der Waals surface area contributed by atoms with E-state index >= 15 is 0 Å². The Morgan fingerprint density at radius 1 is 1.09 bits per heavy atom. The minimum Gasteiger partial charge on any atom is -0.496 e. The fourth-order valence-corrected chi connectivity index (χ4v) is 4.57. The number of halogens is 2. The van der Waals surface area contributed by atoms with Gasteiger partial charge >= 0.3 is 0 Å². The van der Waals surface area contributed by atoms with Gasteiger partial charge in [-0.25, -0.2) is 4.39 Å². The first kappa shape index (κ1) is 22.9. The Morgan fingerprint density at radius 3 is 2.51 bits per heavy atom. The molecule has 1 aromatic heterocycles. The molecule has 1 amide bonds.